The molecule has 106 valence electrons. The Morgan fingerprint density at radius 1 is 1.47 bits per heavy atom. The molecule has 0 aromatic carbocycles. The molecular formula is C12H19BrN4O2. The van der Waals surface area contributed by atoms with Gasteiger partial charge in [0.1, 0.15) is 6.54 Å². The number of halogens is 1. The zero-order valence-corrected chi connectivity index (χ0v) is 12.4. The summed E-state index contributed by atoms with van der Waals surface area (Å²) >= 11 is 3.30. The summed E-state index contributed by atoms with van der Waals surface area (Å²) in [7, 11) is 0. The van der Waals surface area contributed by atoms with Gasteiger partial charge in [0.05, 0.1) is 23.9 Å². The van der Waals surface area contributed by atoms with Gasteiger partial charge in [-0.15, -0.1) is 0 Å². The van der Waals surface area contributed by atoms with Gasteiger partial charge in [-0.05, 0) is 28.9 Å². The average Bonchev–Trinajstić information content (AvgIpc) is 2.81. The first-order chi connectivity index (χ1) is 9.24. The molecule has 0 radical (unpaired) electrons. The van der Waals surface area contributed by atoms with Crippen molar-refractivity contribution in [1.29, 1.82) is 0 Å². The topological polar surface area (TPSA) is 59.4 Å². The zero-order valence-electron chi connectivity index (χ0n) is 10.8. The number of carbonyl (C=O) groups excluding carboxylic acids is 1. The highest BCUT2D eigenvalue weighted by molar-refractivity contribution is 9.10. The van der Waals surface area contributed by atoms with Crippen molar-refractivity contribution in [3.63, 3.8) is 0 Å². The Hall–Kier alpha value is -0.920. The molecule has 1 fully saturated rings. The molecule has 19 heavy (non-hydrogen) atoms. The summed E-state index contributed by atoms with van der Waals surface area (Å²) in [6.07, 6.45) is 4.42. The Bertz CT molecular complexity index is 404. The SMILES string of the molecule is O=C(Cn1cc(Br)cn1)NCCCN1CCOCC1. The van der Waals surface area contributed by atoms with Crippen LogP contribution in [-0.2, 0) is 16.1 Å². The second-order valence-corrected chi connectivity index (χ2v) is 5.43. The van der Waals surface area contributed by atoms with Crippen LogP contribution in [0.2, 0.25) is 0 Å². The van der Waals surface area contributed by atoms with E-state index in [-0.39, 0.29) is 12.5 Å². The summed E-state index contributed by atoms with van der Waals surface area (Å²) < 4.78 is 7.78. The quantitative estimate of drug-likeness (QED) is 0.771. The molecule has 2 heterocycles. The van der Waals surface area contributed by atoms with Crippen molar-refractivity contribution in [3.05, 3.63) is 16.9 Å². The number of hydrogen-bond acceptors (Lipinski definition) is 4. The minimum Gasteiger partial charge on any atom is -0.379 e. The van der Waals surface area contributed by atoms with E-state index in [1.807, 2.05) is 0 Å². The van der Waals surface area contributed by atoms with E-state index in [0.29, 0.717) is 6.54 Å². The van der Waals surface area contributed by atoms with Crippen molar-refractivity contribution in [3.8, 4) is 0 Å². The van der Waals surface area contributed by atoms with Crippen LogP contribution in [0.1, 0.15) is 6.42 Å². The van der Waals surface area contributed by atoms with E-state index < -0.39 is 0 Å². The van der Waals surface area contributed by atoms with E-state index in [0.717, 1.165) is 43.7 Å². The fourth-order valence-electron chi connectivity index (χ4n) is 1.98. The zero-order chi connectivity index (χ0) is 13.5. The number of rotatable bonds is 6. The Morgan fingerprint density at radius 3 is 2.95 bits per heavy atom. The lowest BCUT2D eigenvalue weighted by Crippen LogP contribution is -2.38. The Kier molecular flexibility index (Phi) is 5.81. The molecule has 1 aliphatic heterocycles. The Morgan fingerprint density at radius 2 is 2.26 bits per heavy atom. The molecule has 0 atom stereocenters. The van der Waals surface area contributed by atoms with E-state index in [4.69, 9.17) is 4.74 Å². The summed E-state index contributed by atoms with van der Waals surface area (Å²) in [5.41, 5.74) is 0. The summed E-state index contributed by atoms with van der Waals surface area (Å²) in [4.78, 5) is 14.0. The maximum atomic E-state index is 11.7. The van der Waals surface area contributed by atoms with Crippen molar-refractivity contribution in [2.45, 2.75) is 13.0 Å². The van der Waals surface area contributed by atoms with Gasteiger partial charge in [0, 0.05) is 25.8 Å². The van der Waals surface area contributed by atoms with Crippen LogP contribution in [0, 0.1) is 0 Å². The van der Waals surface area contributed by atoms with Crippen LogP contribution in [-0.4, -0.2) is 60.0 Å². The number of hydrogen-bond donors (Lipinski definition) is 1. The second kappa shape index (κ2) is 7.62. The lowest BCUT2D eigenvalue weighted by molar-refractivity contribution is -0.121. The summed E-state index contributed by atoms with van der Waals surface area (Å²) in [6, 6.07) is 0. The molecule has 0 bridgehead atoms. The van der Waals surface area contributed by atoms with Crippen LogP contribution >= 0.6 is 15.9 Å². The molecule has 6 nitrogen and oxygen atoms in total. The third-order valence-corrected chi connectivity index (χ3v) is 3.39. The minimum atomic E-state index is -0.00224. The van der Waals surface area contributed by atoms with Gasteiger partial charge >= 0.3 is 0 Å². The minimum absolute atomic E-state index is 0.00224. The maximum Gasteiger partial charge on any atom is 0.241 e. The molecule has 1 aromatic heterocycles. The van der Waals surface area contributed by atoms with E-state index in [9.17, 15) is 4.79 Å². The third kappa shape index (κ3) is 5.30. The number of carbonyl (C=O) groups is 1. The highest BCUT2D eigenvalue weighted by Gasteiger charge is 2.09. The molecule has 1 aliphatic rings. The molecule has 1 saturated heterocycles. The van der Waals surface area contributed by atoms with E-state index in [2.05, 4.69) is 31.2 Å². The third-order valence-electron chi connectivity index (χ3n) is 2.98. The van der Waals surface area contributed by atoms with Crippen molar-refractivity contribution < 1.29 is 9.53 Å². The monoisotopic (exact) mass is 330 g/mol. The molecule has 2 rings (SSSR count). The fourth-order valence-corrected chi connectivity index (χ4v) is 2.31. The first-order valence-electron chi connectivity index (χ1n) is 6.49. The summed E-state index contributed by atoms with van der Waals surface area (Å²) in [5, 5.41) is 6.95. The van der Waals surface area contributed by atoms with Gasteiger partial charge in [-0.25, -0.2) is 0 Å². The highest BCUT2D eigenvalue weighted by atomic mass is 79.9. The molecule has 7 heteroatoms. The van der Waals surface area contributed by atoms with Crippen LogP contribution in [0.3, 0.4) is 0 Å². The van der Waals surface area contributed by atoms with Crippen LogP contribution in [0.5, 0.6) is 0 Å². The van der Waals surface area contributed by atoms with Crippen molar-refractivity contribution in [1.82, 2.24) is 20.0 Å². The largest absolute Gasteiger partial charge is 0.379 e. The number of nitrogens with zero attached hydrogens (tertiary/aromatic N) is 3. The first-order valence-corrected chi connectivity index (χ1v) is 7.28. The van der Waals surface area contributed by atoms with Crippen LogP contribution in [0.4, 0.5) is 0 Å². The molecule has 1 amide bonds. The number of morpholine rings is 1. The van der Waals surface area contributed by atoms with Crippen molar-refractivity contribution >= 4 is 21.8 Å². The predicted octanol–water partition coefficient (Wildman–Crippen LogP) is 0.484. The number of amides is 1. The van der Waals surface area contributed by atoms with Crippen LogP contribution in [0.25, 0.3) is 0 Å². The molecule has 1 N–H and O–H groups in total. The lowest BCUT2D eigenvalue weighted by Gasteiger charge is -2.26. The van der Waals surface area contributed by atoms with E-state index in [1.165, 1.54) is 0 Å². The van der Waals surface area contributed by atoms with Gasteiger partial charge in [0.25, 0.3) is 0 Å². The highest BCUT2D eigenvalue weighted by Crippen LogP contribution is 2.05. The predicted molar refractivity (Wildman–Crippen MR) is 74.8 cm³/mol. The molecular weight excluding hydrogens is 312 g/mol. The normalized spacial score (nSPS) is 16.5. The molecule has 1 aromatic rings. The number of nitrogens with one attached hydrogen (secondary N) is 1. The van der Waals surface area contributed by atoms with Gasteiger partial charge in [-0.1, -0.05) is 0 Å². The summed E-state index contributed by atoms with van der Waals surface area (Å²) in [6.45, 7) is 5.62. The Labute approximate surface area is 121 Å². The molecule has 0 aliphatic carbocycles. The van der Waals surface area contributed by atoms with E-state index >= 15 is 0 Å². The smallest absolute Gasteiger partial charge is 0.241 e. The van der Waals surface area contributed by atoms with Crippen molar-refractivity contribution in [2.75, 3.05) is 39.4 Å². The fraction of sp³-hybridized carbons (Fsp3) is 0.667. The number of aromatic nitrogens is 2. The molecule has 0 saturated carbocycles. The Balaban J connectivity index is 1.56. The molecule has 0 spiro atoms. The van der Waals surface area contributed by atoms with Crippen LogP contribution < -0.4 is 5.32 Å². The van der Waals surface area contributed by atoms with E-state index in [1.54, 1.807) is 17.1 Å². The van der Waals surface area contributed by atoms with Gasteiger partial charge in [-0.3, -0.25) is 14.4 Å². The number of ether oxygens (including phenoxy) is 1. The van der Waals surface area contributed by atoms with Crippen molar-refractivity contribution in [2.24, 2.45) is 0 Å². The second-order valence-electron chi connectivity index (χ2n) is 4.51. The van der Waals surface area contributed by atoms with Crippen LogP contribution in [0.15, 0.2) is 16.9 Å². The average molecular weight is 331 g/mol. The molecule has 0 unspecified atom stereocenters. The summed E-state index contributed by atoms with van der Waals surface area (Å²) in [5.74, 6) is -0.00224. The van der Waals surface area contributed by atoms with Gasteiger partial charge in [0.15, 0.2) is 0 Å². The maximum absolute atomic E-state index is 11.7. The van der Waals surface area contributed by atoms with Gasteiger partial charge < -0.3 is 10.1 Å². The van der Waals surface area contributed by atoms with Gasteiger partial charge in [0.2, 0.25) is 5.91 Å². The van der Waals surface area contributed by atoms with Gasteiger partial charge in [-0.2, -0.15) is 5.10 Å². The standard InChI is InChI=1S/C12H19BrN4O2/c13-11-8-15-17(9-11)10-12(18)14-2-1-3-16-4-6-19-7-5-16/h8-9H,1-7,10H2,(H,14,18). The lowest BCUT2D eigenvalue weighted by atomic mass is 10.3. The first kappa shape index (κ1) is 14.5.